The summed E-state index contributed by atoms with van der Waals surface area (Å²) in [5.74, 6) is -1.33. The molecule has 1 aromatic carbocycles. The standard InChI is InChI=1S/C20H20N4O8S/c1-2-31-20(26)17-5-6-18(32-17)33(29,30)23-9-7-22(8-10-23)19(25)15-12-21-16-4-3-13(24(27)28)11-14(15)16/h3-6,11-12,21H,2,7-10H2,1H3. The zero-order chi connectivity index (χ0) is 23.8. The largest absolute Gasteiger partial charge is 0.460 e. The third-order valence-corrected chi connectivity index (χ3v) is 7.06. The molecule has 0 bridgehead atoms. The summed E-state index contributed by atoms with van der Waals surface area (Å²) >= 11 is 0. The van der Waals surface area contributed by atoms with E-state index in [1.165, 1.54) is 45.7 Å². The van der Waals surface area contributed by atoms with Crippen LogP contribution < -0.4 is 0 Å². The van der Waals surface area contributed by atoms with Gasteiger partial charge in [0.1, 0.15) is 0 Å². The molecule has 1 N–H and O–H groups in total. The Labute approximate surface area is 187 Å². The van der Waals surface area contributed by atoms with Crippen molar-refractivity contribution in [3.8, 4) is 0 Å². The number of nitro groups is 1. The van der Waals surface area contributed by atoms with Crippen molar-refractivity contribution < 1.29 is 32.1 Å². The highest BCUT2D eigenvalue weighted by molar-refractivity contribution is 7.89. The Balaban J connectivity index is 1.47. The van der Waals surface area contributed by atoms with Gasteiger partial charge in [0.05, 0.1) is 17.1 Å². The zero-order valence-electron chi connectivity index (χ0n) is 17.5. The summed E-state index contributed by atoms with van der Waals surface area (Å²) in [5, 5.41) is 11.1. The van der Waals surface area contributed by atoms with Crippen LogP contribution in [0.1, 0.15) is 27.8 Å². The normalized spacial score (nSPS) is 15.0. The fourth-order valence-electron chi connectivity index (χ4n) is 3.60. The highest BCUT2D eigenvalue weighted by atomic mass is 32.2. The van der Waals surface area contributed by atoms with E-state index in [0.29, 0.717) is 10.9 Å². The van der Waals surface area contributed by atoms with Gasteiger partial charge in [-0.15, -0.1) is 0 Å². The molecule has 0 unspecified atom stereocenters. The average molecular weight is 476 g/mol. The van der Waals surface area contributed by atoms with Gasteiger partial charge in [-0.1, -0.05) is 0 Å². The van der Waals surface area contributed by atoms with Crippen molar-refractivity contribution >= 4 is 38.5 Å². The van der Waals surface area contributed by atoms with E-state index < -0.39 is 20.9 Å². The molecule has 3 heterocycles. The van der Waals surface area contributed by atoms with Crippen molar-refractivity contribution in [2.24, 2.45) is 0 Å². The molecule has 1 fully saturated rings. The Hall–Kier alpha value is -3.71. The number of hydrogen-bond donors (Lipinski definition) is 1. The molecule has 1 aliphatic heterocycles. The van der Waals surface area contributed by atoms with Gasteiger partial charge >= 0.3 is 5.97 Å². The van der Waals surface area contributed by atoms with Crippen molar-refractivity contribution in [3.05, 3.63) is 58.0 Å². The van der Waals surface area contributed by atoms with E-state index in [1.807, 2.05) is 0 Å². The van der Waals surface area contributed by atoms with Crippen LogP contribution in [-0.4, -0.2) is 72.2 Å². The summed E-state index contributed by atoms with van der Waals surface area (Å²) < 4.78 is 36.9. The predicted octanol–water partition coefficient (Wildman–Crippen LogP) is 1.99. The first-order valence-electron chi connectivity index (χ1n) is 10.0. The number of sulfonamides is 1. The summed E-state index contributed by atoms with van der Waals surface area (Å²) in [6.45, 7) is 2.02. The molecule has 12 nitrogen and oxygen atoms in total. The summed E-state index contributed by atoms with van der Waals surface area (Å²) in [4.78, 5) is 39.7. The summed E-state index contributed by atoms with van der Waals surface area (Å²) in [6, 6.07) is 6.64. The molecule has 0 radical (unpaired) electrons. The van der Waals surface area contributed by atoms with Crippen LogP contribution in [0.5, 0.6) is 0 Å². The quantitative estimate of drug-likeness (QED) is 0.322. The smallest absolute Gasteiger partial charge is 0.374 e. The number of fused-ring (bicyclic) bond motifs is 1. The first-order valence-corrected chi connectivity index (χ1v) is 11.5. The van der Waals surface area contributed by atoms with Crippen molar-refractivity contribution in [1.82, 2.24) is 14.2 Å². The first kappa shape index (κ1) is 22.5. The van der Waals surface area contributed by atoms with Crippen molar-refractivity contribution in [2.75, 3.05) is 32.8 Å². The average Bonchev–Trinajstić information content (AvgIpc) is 3.46. The topological polar surface area (TPSA) is 156 Å². The molecule has 1 aliphatic rings. The number of piperazine rings is 1. The molecular formula is C20H20N4O8S. The lowest BCUT2D eigenvalue weighted by molar-refractivity contribution is -0.384. The van der Waals surface area contributed by atoms with E-state index in [4.69, 9.17) is 9.15 Å². The third kappa shape index (κ3) is 4.19. The highest BCUT2D eigenvalue weighted by Crippen LogP contribution is 2.26. The van der Waals surface area contributed by atoms with Gasteiger partial charge < -0.3 is 19.0 Å². The summed E-state index contributed by atoms with van der Waals surface area (Å²) in [5.41, 5.74) is 0.725. The van der Waals surface area contributed by atoms with Crippen molar-refractivity contribution in [3.63, 3.8) is 0 Å². The predicted molar refractivity (Wildman–Crippen MR) is 114 cm³/mol. The number of carbonyl (C=O) groups is 2. The minimum atomic E-state index is -4.00. The highest BCUT2D eigenvalue weighted by Gasteiger charge is 2.33. The Morgan fingerprint density at radius 1 is 1.18 bits per heavy atom. The van der Waals surface area contributed by atoms with Gasteiger partial charge in [0, 0.05) is 55.4 Å². The monoisotopic (exact) mass is 476 g/mol. The number of amides is 1. The van der Waals surface area contributed by atoms with Crippen LogP contribution in [0.15, 0.2) is 46.0 Å². The second kappa shape index (κ2) is 8.67. The molecule has 0 atom stereocenters. The number of aromatic nitrogens is 1. The van der Waals surface area contributed by atoms with E-state index in [9.17, 15) is 28.1 Å². The van der Waals surface area contributed by atoms with Crippen LogP contribution in [0.25, 0.3) is 10.9 Å². The number of hydrogen-bond acceptors (Lipinski definition) is 8. The number of aromatic amines is 1. The number of nitrogens with zero attached hydrogens (tertiary/aromatic N) is 3. The Morgan fingerprint density at radius 3 is 2.58 bits per heavy atom. The lowest BCUT2D eigenvalue weighted by Crippen LogP contribution is -2.50. The Bertz CT molecular complexity index is 1340. The van der Waals surface area contributed by atoms with Gasteiger partial charge in [-0.3, -0.25) is 14.9 Å². The number of rotatable bonds is 6. The molecular weight excluding hydrogens is 456 g/mol. The molecule has 1 saturated heterocycles. The summed E-state index contributed by atoms with van der Waals surface area (Å²) in [6.07, 6.45) is 1.49. The van der Waals surface area contributed by atoms with E-state index in [1.54, 1.807) is 6.92 Å². The molecule has 0 aliphatic carbocycles. The van der Waals surface area contributed by atoms with Gasteiger partial charge in [0.2, 0.25) is 10.9 Å². The molecule has 1 amide bonds. The molecule has 2 aromatic heterocycles. The second-order valence-electron chi connectivity index (χ2n) is 7.22. The number of H-pyrrole nitrogens is 1. The number of nitro benzene ring substituents is 1. The van der Waals surface area contributed by atoms with Gasteiger partial charge in [-0.25, -0.2) is 13.2 Å². The number of ether oxygens (including phenoxy) is 1. The molecule has 174 valence electrons. The molecule has 0 saturated carbocycles. The fourth-order valence-corrected chi connectivity index (χ4v) is 4.93. The minimum absolute atomic E-state index is 0.0199. The number of furan rings is 1. The van der Waals surface area contributed by atoms with Gasteiger partial charge in [0.25, 0.3) is 21.6 Å². The van der Waals surface area contributed by atoms with E-state index in [0.717, 1.165) is 0 Å². The number of nitrogens with one attached hydrogen (secondary N) is 1. The van der Waals surface area contributed by atoms with Crippen LogP contribution in [0, 0.1) is 10.1 Å². The number of carbonyl (C=O) groups excluding carboxylic acids is 2. The van der Waals surface area contributed by atoms with Crippen LogP contribution in [0.4, 0.5) is 5.69 Å². The van der Waals surface area contributed by atoms with E-state index >= 15 is 0 Å². The third-order valence-electron chi connectivity index (χ3n) is 5.28. The van der Waals surface area contributed by atoms with Crippen molar-refractivity contribution in [1.29, 1.82) is 0 Å². The van der Waals surface area contributed by atoms with Crippen LogP contribution in [-0.2, 0) is 14.8 Å². The molecule has 3 aromatic rings. The number of non-ortho nitro benzene ring substituents is 1. The van der Waals surface area contributed by atoms with Gasteiger partial charge in [0.15, 0.2) is 0 Å². The number of esters is 1. The fraction of sp³-hybridized carbons (Fsp3) is 0.300. The molecule has 33 heavy (non-hydrogen) atoms. The Morgan fingerprint density at radius 2 is 1.91 bits per heavy atom. The van der Waals surface area contributed by atoms with Crippen LogP contribution >= 0.6 is 0 Å². The van der Waals surface area contributed by atoms with Gasteiger partial charge in [-0.2, -0.15) is 4.31 Å². The lowest BCUT2D eigenvalue weighted by Gasteiger charge is -2.33. The molecule has 0 spiro atoms. The SMILES string of the molecule is CCOC(=O)c1ccc(S(=O)(=O)N2CCN(C(=O)c3c[nH]c4ccc([N+](=O)[O-])cc34)CC2)o1. The number of benzene rings is 1. The van der Waals surface area contributed by atoms with Crippen LogP contribution in [0.3, 0.4) is 0 Å². The minimum Gasteiger partial charge on any atom is -0.460 e. The molecule has 13 heteroatoms. The maximum atomic E-state index is 13.0. The maximum absolute atomic E-state index is 13.0. The lowest BCUT2D eigenvalue weighted by atomic mass is 10.1. The second-order valence-corrected chi connectivity index (χ2v) is 9.09. The van der Waals surface area contributed by atoms with E-state index in [2.05, 4.69) is 4.98 Å². The molecule has 4 rings (SSSR count). The Kier molecular flexibility index (Phi) is 5.91. The zero-order valence-corrected chi connectivity index (χ0v) is 18.3. The summed E-state index contributed by atoms with van der Waals surface area (Å²) in [7, 11) is -4.00. The van der Waals surface area contributed by atoms with Crippen LogP contribution in [0.2, 0.25) is 0 Å². The van der Waals surface area contributed by atoms with Gasteiger partial charge in [-0.05, 0) is 25.1 Å². The van der Waals surface area contributed by atoms with E-state index in [-0.39, 0.29) is 60.8 Å². The first-order chi connectivity index (χ1) is 15.7. The maximum Gasteiger partial charge on any atom is 0.374 e. The van der Waals surface area contributed by atoms with Crippen molar-refractivity contribution in [2.45, 2.75) is 12.0 Å².